The number of benzene rings is 1. The van der Waals surface area contributed by atoms with Crippen LogP contribution in [0.5, 0.6) is 0 Å². The molecule has 5 heteroatoms. The Hall–Kier alpha value is -2.43. The Bertz CT molecular complexity index is 637. The van der Waals surface area contributed by atoms with Gasteiger partial charge in [0.1, 0.15) is 11.5 Å². The van der Waals surface area contributed by atoms with E-state index >= 15 is 0 Å². The van der Waals surface area contributed by atoms with E-state index in [1.54, 1.807) is 18.2 Å². The first kappa shape index (κ1) is 13.0. The average Bonchev–Trinajstić information content (AvgIpc) is 2.41. The number of carbonyl (C=O) groups excluding carboxylic acids is 1. The normalized spacial score (nSPS) is 10.2. The van der Waals surface area contributed by atoms with Gasteiger partial charge in [0, 0.05) is 12.6 Å². The van der Waals surface area contributed by atoms with Crippen molar-refractivity contribution >= 4 is 5.91 Å². The van der Waals surface area contributed by atoms with Crippen LogP contribution in [-0.2, 0) is 6.42 Å². The largest absolute Gasteiger partial charge is 0.350 e. The number of pyridine rings is 1. The molecular weight excluding hydrogens is 247 g/mol. The monoisotopic (exact) mass is 260 g/mol. The molecule has 0 saturated heterocycles. The number of amides is 1. The topological polar surface area (TPSA) is 62.0 Å². The predicted molar refractivity (Wildman–Crippen MR) is 69.5 cm³/mol. The van der Waals surface area contributed by atoms with E-state index in [2.05, 4.69) is 10.3 Å². The van der Waals surface area contributed by atoms with E-state index in [1.807, 2.05) is 0 Å². The van der Waals surface area contributed by atoms with Gasteiger partial charge in [0.25, 0.3) is 5.91 Å². The number of aromatic nitrogens is 1. The Morgan fingerprint density at radius 1 is 1.16 bits per heavy atom. The van der Waals surface area contributed by atoms with Crippen molar-refractivity contribution in [3.8, 4) is 0 Å². The summed E-state index contributed by atoms with van der Waals surface area (Å²) >= 11 is 0. The molecule has 1 amide bonds. The standard InChI is InChI=1S/C14H13FN2O2/c15-11-5-2-1-4-10(11)8-9-16-14(19)12-6-3-7-13(18)17-12/h1-7H,8-9H2,(H,16,19)(H,17,18). The molecule has 2 aromatic rings. The van der Waals surface area contributed by atoms with Crippen LogP contribution in [0, 0.1) is 5.82 Å². The third-order valence-electron chi connectivity index (χ3n) is 2.65. The molecule has 19 heavy (non-hydrogen) atoms. The van der Waals surface area contributed by atoms with Gasteiger partial charge in [-0.05, 0) is 24.1 Å². The number of aromatic amines is 1. The van der Waals surface area contributed by atoms with Crippen LogP contribution in [0.2, 0.25) is 0 Å². The van der Waals surface area contributed by atoms with E-state index < -0.39 is 0 Å². The molecule has 0 atom stereocenters. The molecule has 4 nitrogen and oxygen atoms in total. The molecule has 1 aromatic carbocycles. The van der Waals surface area contributed by atoms with Gasteiger partial charge in [-0.1, -0.05) is 24.3 Å². The lowest BCUT2D eigenvalue weighted by atomic mass is 10.1. The van der Waals surface area contributed by atoms with Crippen LogP contribution < -0.4 is 10.9 Å². The highest BCUT2D eigenvalue weighted by atomic mass is 19.1. The maximum atomic E-state index is 13.3. The van der Waals surface area contributed by atoms with Gasteiger partial charge in [-0.2, -0.15) is 0 Å². The fourth-order valence-electron chi connectivity index (χ4n) is 1.69. The summed E-state index contributed by atoms with van der Waals surface area (Å²) in [7, 11) is 0. The number of hydrogen-bond donors (Lipinski definition) is 2. The highest BCUT2D eigenvalue weighted by Crippen LogP contribution is 2.06. The van der Waals surface area contributed by atoms with Gasteiger partial charge < -0.3 is 10.3 Å². The van der Waals surface area contributed by atoms with Gasteiger partial charge in [0.2, 0.25) is 5.56 Å². The molecule has 2 N–H and O–H groups in total. The van der Waals surface area contributed by atoms with E-state index in [0.29, 0.717) is 18.5 Å². The van der Waals surface area contributed by atoms with Gasteiger partial charge in [-0.3, -0.25) is 9.59 Å². The minimum atomic E-state index is -0.381. The maximum Gasteiger partial charge on any atom is 0.267 e. The molecule has 0 saturated carbocycles. The van der Waals surface area contributed by atoms with Crippen molar-refractivity contribution in [2.24, 2.45) is 0 Å². The summed E-state index contributed by atoms with van der Waals surface area (Å²) in [6.45, 7) is 0.302. The fourth-order valence-corrected chi connectivity index (χ4v) is 1.69. The molecule has 1 heterocycles. The summed E-state index contributed by atoms with van der Waals surface area (Å²) in [5.41, 5.74) is 0.409. The predicted octanol–water partition coefficient (Wildman–Crippen LogP) is 1.49. The van der Waals surface area contributed by atoms with Crippen molar-refractivity contribution in [2.75, 3.05) is 6.54 Å². The molecular formula is C14H13FN2O2. The molecule has 0 spiro atoms. The lowest BCUT2D eigenvalue weighted by Gasteiger charge is -2.05. The Labute approximate surface area is 109 Å². The molecule has 98 valence electrons. The molecule has 1 aromatic heterocycles. The minimum absolute atomic E-state index is 0.195. The van der Waals surface area contributed by atoms with E-state index in [1.165, 1.54) is 24.3 Å². The minimum Gasteiger partial charge on any atom is -0.350 e. The number of halogens is 1. The molecule has 0 bridgehead atoms. The highest BCUT2D eigenvalue weighted by molar-refractivity contribution is 5.92. The second kappa shape index (κ2) is 5.95. The van der Waals surface area contributed by atoms with E-state index in [-0.39, 0.29) is 23.0 Å². The number of nitrogens with one attached hydrogen (secondary N) is 2. The number of H-pyrrole nitrogens is 1. The smallest absolute Gasteiger partial charge is 0.267 e. The number of rotatable bonds is 4. The van der Waals surface area contributed by atoms with Gasteiger partial charge >= 0.3 is 0 Å². The van der Waals surface area contributed by atoms with E-state index in [9.17, 15) is 14.0 Å². The molecule has 0 aliphatic heterocycles. The second-order valence-corrected chi connectivity index (χ2v) is 4.03. The lowest BCUT2D eigenvalue weighted by molar-refractivity contribution is 0.0949. The Morgan fingerprint density at radius 3 is 2.68 bits per heavy atom. The SMILES string of the molecule is O=C(NCCc1ccccc1F)c1cccc(=O)[nH]1. The maximum absolute atomic E-state index is 13.3. The van der Waals surface area contributed by atoms with Crippen LogP contribution in [0.1, 0.15) is 16.1 Å². The Kier molecular flexibility index (Phi) is 4.07. The van der Waals surface area contributed by atoms with E-state index in [0.717, 1.165) is 0 Å². The summed E-state index contributed by atoms with van der Waals surface area (Å²) in [4.78, 5) is 25.2. The Balaban J connectivity index is 1.91. The summed E-state index contributed by atoms with van der Waals surface area (Å²) in [5.74, 6) is -0.668. The summed E-state index contributed by atoms with van der Waals surface area (Å²) in [5, 5.41) is 2.63. The van der Waals surface area contributed by atoms with Gasteiger partial charge in [-0.25, -0.2) is 4.39 Å². The van der Waals surface area contributed by atoms with Crippen molar-refractivity contribution in [2.45, 2.75) is 6.42 Å². The van der Waals surface area contributed by atoms with Gasteiger partial charge in [0.05, 0.1) is 0 Å². The quantitative estimate of drug-likeness (QED) is 0.874. The average molecular weight is 260 g/mol. The molecule has 0 unspecified atom stereocenters. The zero-order valence-electron chi connectivity index (χ0n) is 10.2. The van der Waals surface area contributed by atoms with Crippen LogP contribution in [0.3, 0.4) is 0 Å². The van der Waals surface area contributed by atoms with Crippen molar-refractivity contribution < 1.29 is 9.18 Å². The first-order chi connectivity index (χ1) is 9.16. The molecule has 0 aliphatic carbocycles. The van der Waals surface area contributed by atoms with Crippen molar-refractivity contribution in [3.05, 3.63) is 69.9 Å². The summed E-state index contributed by atoms with van der Waals surface area (Å²) < 4.78 is 13.3. The highest BCUT2D eigenvalue weighted by Gasteiger charge is 2.06. The van der Waals surface area contributed by atoms with Crippen LogP contribution in [0.15, 0.2) is 47.3 Å². The lowest BCUT2D eigenvalue weighted by Crippen LogP contribution is -2.28. The third-order valence-corrected chi connectivity index (χ3v) is 2.65. The van der Waals surface area contributed by atoms with Crippen LogP contribution >= 0.6 is 0 Å². The fraction of sp³-hybridized carbons (Fsp3) is 0.143. The zero-order valence-corrected chi connectivity index (χ0v) is 10.2. The number of carbonyl (C=O) groups is 1. The van der Waals surface area contributed by atoms with Gasteiger partial charge in [-0.15, -0.1) is 0 Å². The number of hydrogen-bond acceptors (Lipinski definition) is 2. The van der Waals surface area contributed by atoms with Crippen LogP contribution in [0.25, 0.3) is 0 Å². The molecule has 2 rings (SSSR count). The van der Waals surface area contributed by atoms with Crippen molar-refractivity contribution in [1.82, 2.24) is 10.3 Å². The zero-order chi connectivity index (χ0) is 13.7. The van der Waals surface area contributed by atoms with Gasteiger partial charge in [0.15, 0.2) is 0 Å². The first-order valence-corrected chi connectivity index (χ1v) is 5.88. The van der Waals surface area contributed by atoms with Crippen molar-refractivity contribution in [1.29, 1.82) is 0 Å². The second-order valence-electron chi connectivity index (χ2n) is 4.03. The van der Waals surface area contributed by atoms with Crippen LogP contribution in [-0.4, -0.2) is 17.4 Å². The van der Waals surface area contributed by atoms with E-state index in [4.69, 9.17) is 0 Å². The molecule has 0 radical (unpaired) electrons. The Morgan fingerprint density at radius 2 is 1.95 bits per heavy atom. The van der Waals surface area contributed by atoms with Crippen molar-refractivity contribution in [3.63, 3.8) is 0 Å². The third kappa shape index (κ3) is 3.51. The summed E-state index contributed by atoms with van der Waals surface area (Å²) in [6.07, 6.45) is 0.398. The van der Waals surface area contributed by atoms with Crippen LogP contribution in [0.4, 0.5) is 4.39 Å². The molecule has 0 fully saturated rings. The first-order valence-electron chi connectivity index (χ1n) is 5.88. The molecule has 0 aliphatic rings. The summed E-state index contributed by atoms with van der Waals surface area (Å²) in [6, 6.07) is 10.8.